The van der Waals surface area contributed by atoms with Gasteiger partial charge in [0, 0.05) is 0 Å². The lowest BCUT2D eigenvalue weighted by atomic mass is 9.70. The molecule has 1 saturated carbocycles. The summed E-state index contributed by atoms with van der Waals surface area (Å²) in [5, 5.41) is 0. The van der Waals surface area contributed by atoms with Gasteiger partial charge in [0.1, 0.15) is 0 Å². The zero-order valence-electron chi connectivity index (χ0n) is 14.8. The van der Waals surface area contributed by atoms with E-state index in [2.05, 4.69) is 27.7 Å². The second-order valence-corrected chi connectivity index (χ2v) is 7.44. The molecule has 0 bridgehead atoms. The largest absolute Gasteiger partial charge is 0.0654 e. The molecule has 0 aliphatic heterocycles. The average Bonchev–Trinajstić information content (AvgIpc) is 2.50. The molecule has 0 saturated heterocycles. The summed E-state index contributed by atoms with van der Waals surface area (Å²) in [6, 6.07) is 0. The second kappa shape index (κ2) is 10.7. The number of rotatable bonds is 10. The fourth-order valence-electron chi connectivity index (χ4n) is 4.44. The van der Waals surface area contributed by atoms with Crippen LogP contribution in [-0.4, -0.2) is 0 Å². The SMILES string of the molecule is CCCCCC(CC)CCC(C)C1CCCCC1CC. The smallest absolute Gasteiger partial charge is 0.0360 e. The summed E-state index contributed by atoms with van der Waals surface area (Å²) >= 11 is 0. The Morgan fingerprint density at radius 2 is 1.65 bits per heavy atom. The first kappa shape index (κ1) is 18.1. The molecule has 0 aromatic rings. The van der Waals surface area contributed by atoms with Gasteiger partial charge in [-0.2, -0.15) is 0 Å². The van der Waals surface area contributed by atoms with Crippen molar-refractivity contribution < 1.29 is 0 Å². The van der Waals surface area contributed by atoms with Crippen molar-refractivity contribution in [2.45, 2.75) is 105 Å². The number of hydrogen-bond donors (Lipinski definition) is 0. The van der Waals surface area contributed by atoms with Crippen LogP contribution >= 0.6 is 0 Å². The molecule has 0 amide bonds. The standard InChI is InChI=1S/C20H40/c1-5-8-9-12-18(6-2)16-15-17(4)20-14-11-10-13-19(20)7-3/h17-20H,5-16H2,1-4H3. The maximum absolute atomic E-state index is 2.55. The Labute approximate surface area is 129 Å². The van der Waals surface area contributed by atoms with Gasteiger partial charge in [-0.05, 0) is 30.1 Å². The molecule has 0 aromatic carbocycles. The van der Waals surface area contributed by atoms with E-state index < -0.39 is 0 Å². The van der Waals surface area contributed by atoms with Crippen molar-refractivity contribution in [2.75, 3.05) is 0 Å². The minimum atomic E-state index is 0.973. The molecule has 0 nitrogen and oxygen atoms in total. The molecule has 0 heterocycles. The summed E-state index contributed by atoms with van der Waals surface area (Å²) in [4.78, 5) is 0. The van der Waals surface area contributed by atoms with E-state index in [1.54, 1.807) is 0 Å². The molecule has 1 fully saturated rings. The molecule has 1 rings (SSSR count). The monoisotopic (exact) mass is 280 g/mol. The summed E-state index contributed by atoms with van der Waals surface area (Å²) in [6.45, 7) is 9.68. The zero-order chi connectivity index (χ0) is 14.8. The molecule has 1 aliphatic carbocycles. The van der Waals surface area contributed by atoms with Crippen molar-refractivity contribution in [3.63, 3.8) is 0 Å². The summed E-state index contributed by atoms with van der Waals surface area (Å²) in [5.41, 5.74) is 0. The summed E-state index contributed by atoms with van der Waals surface area (Å²) in [7, 11) is 0. The molecule has 20 heavy (non-hydrogen) atoms. The fraction of sp³-hybridized carbons (Fsp3) is 1.00. The summed E-state index contributed by atoms with van der Waals surface area (Å²) in [6.07, 6.45) is 17.6. The van der Waals surface area contributed by atoms with Crippen molar-refractivity contribution in [3.8, 4) is 0 Å². The van der Waals surface area contributed by atoms with E-state index in [9.17, 15) is 0 Å². The predicted molar refractivity (Wildman–Crippen MR) is 92.1 cm³/mol. The van der Waals surface area contributed by atoms with Gasteiger partial charge in [-0.1, -0.05) is 98.3 Å². The van der Waals surface area contributed by atoms with Gasteiger partial charge in [0.25, 0.3) is 0 Å². The fourth-order valence-corrected chi connectivity index (χ4v) is 4.44. The average molecular weight is 281 g/mol. The lowest BCUT2D eigenvalue weighted by molar-refractivity contribution is 0.152. The Kier molecular flexibility index (Phi) is 9.65. The quantitative estimate of drug-likeness (QED) is 0.370. The minimum Gasteiger partial charge on any atom is -0.0654 e. The van der Waals surface area contributed by atoms with Gasteiger partial charge in [-0.15, -0.1) is 0 Å². The molecule has 0 spiro atoms. The van der Waals surface area contributed by atoms with Gasteiger partial charge in [0.2, 0.25) is 0 Å². The normalized spacial score (nSPS) is 26.4. The Bertz CT molecular complexity index is 220. The number of unbranched alkanes of at least 4 members (excludes halogenated alkanes) is 2. The van der Waals surface area contributed by atoms with Gasteiger partial charge in [-0.3, -0.25) is 0 Å². The van der Waals surface area contributed by atoms with Crippen LogP contribution in [0.15, 0.2) is 0 Å². The summed E-state index contributed by atoms with van der Waals surface area (Å²) in [5.74, 6) is 4.06. The third-order valence-electron chi connectivity index (χ3n) is 6.05. The van der Waals surface area contributed by atoms with E-state index >= 15 is 0 Å². The Balaban J connectivity index is 2.30. The van der Waals surface area contributed by atoms with E-state index in [1.165, 1.54) is 77.0 Å². The second-order valence-electron chi connectivity index (χ2n) is 7.44. The maximum Gasteiger partial charge on any atom is -0.0360 e. The molecular formula is C20H40. The van der Waals surface area contributed by atoms with Crippen molar-refractivity contribution in [1.82, 2.24) is 0 Å². The molecule has 0 aromatic heterocycles. The summed E-state index contributed by atoms with van der Waals surface area (Å²) < 4.78 is 0. The molecule has 0 N–H and O–H groups in total. The molecule has 0 radical (unpaired) electrons. The highest BCUT2D eigenvalue weighted by Gasteiger charge is 2.28. The van der Waals surface area contributed by atoms with Crippen LogP contribution in [0.5, 0.6) is 0 Å². The Morgan fingerprint density at radius 3 is 2.30 bits per heavy atom. The van der Waals surface area contributed by atoms with E-state index in [-0.39, 0.29) is 0 Å². The molecular weight excluding hydrogens is 240 g/mol. The lowest BCUT2D eigenvalue weighted by Gasteiger charge is -2.36. The van der Waals surface area contributed by atoms with Crippen LogP contribution in [0.25, 0.3) is 0 Å². The third-order valence-corrected chi connectivity index (χ3v) is 6.05. The predicted octanol–water partition coefficient (Wildman–Crippen LogP) is 7.23. The highest BCUT2D eigenvalue weighted by atomic mass is 14.3. The van der Waals surface area contributed by atoms with Crippen molar-refractivity contribution in [2.24, 2.45) is 23.7 Å². The van der Waals surface area contributed by atoms with Gasteiger partial charge in [-0.25, -0.2) is 0 Å². The van der Waals surface area contributed by atoms with Gasteiger partial charge in [0.05, 0.1) is 0 Å². The van der Waals surface area contributed by atoms with Crippen LogP contribution < -0.4 is 0 Å². The lowest BCUT2D eigenvalue weighted by Crippen LogP contribution is -2.25. The van der Waals surface area contributed by atoms with Gasteiger partial charge >= 0.3 is 0 Å². The molecule has 0 heteroatoms. The molecule has 1 aliphatic rings. The van der Waals surface area contributed by atoms with Gasteiger partial charge in [0.15, 0.2) is 0 Å². The molecule has 4 unspecified atom stereocenters. The van der Waals surface area contributed by atoms with Crippen LogP contribution in [0.2, 0.25) is 0 Å². The van der Waals surface area contributed by atoms with Crippen LogP contribution in [0.4, 0.5) is 0 Å². The van der Waals surface area contributed by atoms with Crippen LogP contribution in [-0.2, 0) is 0 Å². The van der Waals surface area contributed by atoms with Crippen LogP contribution in [0.3, 0.4) is 0 Å². The Morgan fingerprint density at radius 1 is 0.900 bits per heavy atom. The molecule has 4 atom stereocenters. The van der Waals surface area contributed by atoms with Gasteiger partial charge < -0.3 is 0 Å². The van der Waals surface area contributed by atoms with E-state index in [1.807, 2.05) is 0 Å². The van der Waals surface area contributed by atoms with Crippen molar-refractivity contribution in [3.05, 3.63) is 0 Å². The van der Waals surface area contributed by atoms with Crippen LogP contribution in [0, 0.1) is 23.7 Å². The third kappa shape index (κ3) is 6.19. The zero-order valence-corrected chi connectivity index (χ0v) is 14.8. The number of hydrogen-bond acceptors (Lipinski definition) is 0. The van der Waals surface area contributed by atoms with E-state index in [0.717, 1.165) is 23.7 Å². The first-order valence-corrected chi connectivity index (χ1v) is 9.72. The minimum absolute atomic E-state index is 0.973. The van der Waals surface area contributed by atoms with Crippen molar-refractivity contribution >= 4 is 0 Å². The first-order valence-electron chi connectivity index (χ1n) is 9.72. The molecule has 120 valence electrons. The highest BCUT2D eigenvalue weighted by molar-refractivity contribution is 4.79. The topological polar surface area (TPSA) is 0 Å². The van der Waals surface area contributed by atoms with E-state index in [4.69, 9.17) is 0 Å². The first-order chi connectivity index (χ1) is 9.72. The maximum atomic E-state index is 2.55. The highest BCUT2D eigenvalue weighted by Crippen LogP contribution is 2.39. The van der Waals surface area contributed by atoms with Crippen molar-refractivity contribution in [1.29, 1.82) is 0 Å². The van der Waals surface area contributed by atoms with E-state index in [0.29, 0.717) is 0 Å². The van der Waals surface area contributed by atoms with Crippen LogP contribution in [0.1, 0.15) is 105 Å². The Hall–Kier alpha value is 0.